The SMILES string of the molecule is CC(C)c1cccc(C(C)C)c1N1C=CN(c2c(C(C)C)cccc2C(C)C)B1C=O. The summed E-state index contributed by atoms with van der Waals surface area (Å²) in [6, 6.07) is 13.1. The molecule has 0 aromatic heterocycles. The van der Waals surface area contributed by atoms with Crippen LogP contribution in [0.2, 0.25) is 0 Å². The van der Waals surface area contributed by atoms with Gasteiger partial charge in [-0.25, -0.2) is 0 Å². The maximum absolute atomic E-state index is 12.6. The summed E-state index contributed by atoms with van der Waals surface area (Å²) in [6.45, 7) is 17.4. The first-order valence-electron chi connectivity index (χ1n) is 11.6. The Bertz CT molecular complexity index is 836. The molecule has 0 fully saturated rings. The summed E-state index contributed by atoms with van der Waals surface area (Å²) in [4.78, 5) is 16.9. The number of nitrogens with zero attached hydrogens (tertiary/aromatic N) is 2. The lowest BCUT2D eigenvalue weighted by molar-refractivity contribution is 0.567. The molecule has 1 aliphatic rings. The molecule has 0 N–H and O–H groups in total. The van der Waals surface area contributed by atoms with E-state index >= 15 is 0 Å². The summed E-state index contributed by atoms with van der Waals surface area (Å²) in [7, 11) is 0. The van der Waals surface area contributed by atoms with Crippen molar-refractivity contribution < 1.29 is 4.79 Å². The van der Waals surface area contributed by atoms with E-state index in [1.54, 1.807) is 0 Å². The minimum atomic E-state index is -0.394. The largest absolute Gasteiger partial charge is 0.454 e. The predicted octanol–water partition coefficient (Wildman–Crippen LogP) is 7.24. The van der Waals surface area contributed by atoms with Crippen LogP contribution in [0.1, 0.15) is 101 Å². The van der Waals surface area contributed by atoms with Crippen molar-refractivity contribution in [2.45, 2.75) is 79.1 Å². The van der Waals surface area contributed by atoms with Gasteiger partial charge in [-0.1, -0.05) is 91.8 Å². The monoisotopic (exact) mass is 416 g/mol. The molecule has 0 atom stereocenters. The van der Waals surface area contributed by atoms with Gasteiger partial charge < -0.3 is 14.4 Å². The highest BCUT2D eigenvalue weighted by molar-refractivity contribution is 6.91. The van der Waals surface area contributed by atoms with Crippen molar-refractivity contribution in [2.24, 2.45) is 0 Å². The first kappa shape index (κ1) is 23.2. The lowest BCUT2D eigenvalue weighted by Crippen LogP contribution is -2.47. The molecule has 0 saturated heterocycles. The smallest absolute Gasteiger partial charge is 0.364 e. The molecular formula is C27H37BN2O. The first-order chi connectivity index (χ1) is 14.7. The van der Waals surface area contributed by atoms with Crippen LogP contribution in [0.4, 0.5) is 11.4 Å². The third-order valence-electron chi connectivity index (χ3n) is 6.28. The minimum absolute atomic E-state index is 0.373. The van der Waals surface area contributed by atoms with E-state index < -0.39 is 6.98 Å². The molecule has 31 heavy (non-hydrogen) atoms. The molecule has 3 rings (SSSR count). The van der Waals surface area contributed by atoms with Crippen molar-refractivity contribution >= 4 is 24.5 Å². The topological polar surface area (TPSA) is 23.6 Å². The van der Waals surface area contributed by atoms with Crippen LogP contribution in [-0.4, -0.2) is 13.2 Å². The highest BCUT2D eigenvalue weighted by Crippen LogP contribution is 2.41. The van der Waals surface area contributed by atoms with Gasteiger partial charge in [-0.2, -0.15) is 0 Å². The summed E-state index contributed by atoms with van der Waals surface area (Å²) < 4.78 is 0. The predicted molar refractivity (Wildman–Crippen MR) is 136 cm³/mol. The van der Waals surface area contributed by atoms with E-state index in [1.165, 1.54) is 33.6 Å². The summed E-state index contributed by atoms with van der Waals surface area (Å²) in [6.07, 6.45) is 5.27. The van der Waals surface area contributed by atoms with E-state index in [0.29, 0.717) is 23.7 Å². The second-order valence-corrected chi connectivity index (χ2v) is 9.85. The molecule has 0 bridgehead atoms. The van der Waals surface area contributed by atoms with Crippen molar-refractivity contribution in [2.75, 3.05) is 9.62 Å². The van der Waals surface area contributed by atoms with Gasteiger partial charge in [0, 0.05) is 23.8 Å². The summed E-state index contributed by atoms with van der Waals surface area (Å²) in [5.74, 6) is 1.49. The zero-order valence-electron chi connectivity index (χ0n) is 20.4. The summed E-state index contributed by atoms with van der Waals surface area (Å²) >= 11 is 0. The number of anilines is 2. The molecule has 164 valence electrons. The molecule has 0 aliphatic carbocycles. The Kier molecular flexibility index (Phi) is 6.98. The number of para-hydroxylation sites is 2. The maximum atomic E-state index is 12.6. The lowest BCUT2D eigenvalue weighted by Gasteiger charge is -2.33. The van der Waals surface area contributed by atoms with Gasteiger partial charge in [0.1, 0.15) is 6.19 Å². The van der Waals surface area contributed by atoms with Crippen molar-refractivity contribution in [1.29, 1.82) is 0 Å². The van der Waals surface area contributed by atoms with Crippen LogP contribution in [-0.2, 0) is 4.79 Å². The maximum Gasteiger partial charge on any atom is 0.454 e. The molecular weight excluding hydrogens is 379 g/mol. The lowest BCUT2D eigenvalue weighted by atomic mass is 9.72. The second kappa shape index (κ2) is 9.34. The van der Waals surface area contributed by atoms with Crippen LogP contribution in [0, 0.1) is 0 Å². The molecule has 0 spiro atoms. The molecule has 0 radical (unpaired) electrons. The zero-order chi connectivity index (χ0) is 22.9. The molecule has 0 amide bonds. The van der Waals surface area contributed by atoms with E-state index in [2.05, 4.69) is 114 Å². The van der Waals surface area contributed by atoms with Crippen molar-refractivity contribution in [3.05, 3.63) is 71.1 Å². The van der Waals surface area contributed by atoms with E-state index in [9.17, 15) is 4.79 Å². The van der Waals surface area contributed by atoms with Crippen LogP contribution >= 0.6 is 0 Å². The fraction of sp³-hybridized carbons (Fsp3) is 0.444. The Morgan fingerprint density at radius 2 is 0.903 bits per heavy atom. The van der Waals surface area contributed by atoms with Gasteiger partial charge in [0.2, 0.25) is 0 Å². The Labute approximate surface area is 189 Å². The van der Waals surface area contributed by atoms with Gasteiger partial charge in [-0.05, 0) is 45.9 Å². The van der Waals surface area contributed by atoms with Crippen LogP contribution in [0.5, 0.6) is 0 Å². The van der Waals surface area contributed by atoms with E-state index in [-0.39, 0.29) is 0 Å². The standard InChI is InChI=1S/C27H37BN2O/c1-18(2)22-11-9-12-23(19(3)4)26(22)29-15-16-30(28(29)17-31)27-24(20(5)6)13-10-14-25(27)21(7)8/h9-21H,1-8H3. The highest BCUT2D eigenvalue weighted by atomic mass is 16.1. The van der Waals surface area contributed by atoms with Crippen molar-refractivity contribution in [3.8, 4) is 0 Å². The van der Waals surface area contributed by atoms with Crippen LogP contribution in [0.25, 0.3) is 0 Å². The van der Waals surface area contributed by atoms with Crippen molar-refractivity contribution in [3.63, 3.8) is 0 Å². The van der Waals surface area contributed by atoms with Crippen LogP contribution in [0.15, 0.2) is 48.8 Å². The number of hydrogen-bond donors (Lipinski definition) is 0. The number of carbonyl (C=O) groups is 1. The Hall–Kier alpha value is -2.49. The average Bonchev–Trinajstić information content (AvgIpc) is 3.15. The Balaban J connectivity index is 2.18. The number of rotatable bonds is 7. The molecule has 0 saturated carbocycles. The molecule has 2 aromatic carbocycles. The first-order valence-corrected chi connectivity index (χ1v) is 11.6. The Morgan fingerprint density at radius 1 is 0.613 bits per heavy atom. The quantitative estimate of drug-likeness (QED) is 0.351. The summed E-state index contributed by atoms with van der Waals surface area (Å²) in [5, 5.41) is 0. The average molecular weight is 416 g/mol. The molecule has 0 unspecified atom stereocenters. The fourth-order valence-electron chi connectivity index (χ4n) is 4.62. The van der Waals surface area contributed by atoms with E-state index in [1.807, 2.05) is 0 Å². The number of hydrogen-bond acceptors (Lipinski definition) is 3. The normalized spacial score (nSPS) is 14.1. The van der Waals surface area contributed by atoms with Gasteiger partial charge in [-0.3, -0.25) is 0 Å². The second-order valence-electron chi connectivity index (χ2n) is 9.85. The van der Waals surface area contributed by atoms with E-state index in [0.717, 1.165) is 6.19 Å². The molecule has 4 heteroatoms. The number of carbonyl (C=O) groups excluding carboxylic acids is 1. The molecule has 2 aromatic rings. The molecule has 1 heterocycles. The van der Waals surface area contributed by atoms with Gasteiger partial charge in [0.05, 0.1) is 0 Å². The third-order valence-corrected chi connectivity index (χ3v) is 6.28. The minimum Gasteiger partial charge on any atom is -0.364 e. The number of benzene rings is 2. The van der Waals surface area contributed by atoms with Gasteiger partial charge >= 0.3 is 6.98 Å². The highest BCUT2D eigenvalue weighted by Gasteiger charge is 2.38. The molecule has 1 aliphatic heterocycles. The summed E-state index contributed by atoms with van der Waals surface area (Å²) in [5.41, 5.74) is 7.49. The zero-order valence-corrected chi connectivity index (χ0v) is 20.4. The Morgan fingerprint density at radius 3 is 1.13 bits per heavy atom. The van der Waals surface area contributed by atoms with Gasteiger partial charge in [-0.15, -0.1) is 0 Å². The van der Waals surface area contributed by atoms with Crippen molar-refractivity contribution in [1.82, 2.24) is 0 Å². The van der Waals surface area contributed by atoms with Gasteiger partial charge in [0.15, 0.2) is 0 Å². The third kappa shape index (κ3) is 4.30. The van der Waals surface area contributed by atoms with E-state index in [4.69, 9.17) is 0 Å². The van der Waals surface area contributed by atoms with Crippen LogP contribution < -0.4 is 9.62 Å². The molecule has 3 nitrogen and oxygen atoms in total. The van der Waals surface area contributed by atoms with Gasteiger partial charge in [0.25, 0.3) is 0 Å². The fourth-order valence-corrected chi connectivity index (χ4v) is 4.62. The van der Waals surface area contributed by atoms with Crippen LogP contribution in [0.3, 0.4) is 0 Å².